The van der Waals surface area contributed by atoms with Crippen molar-refractivity contribution in [2.75, 3.05) is 52.9 Å². The molecule has 464 valence electrons. The Morgan fingerprint density at radius 2 is 0.688 bits per heavy atom. The smallest absolute Gasteiger partial charge is 0.283 e. The van der Waals surface area contributed by atoms with Crippen LogP contribution in [0.4, 0.5) is 0 Å². The van der Waals surface area contributed by atoms with Gasteiger partial charge >= 0.3 is 0 Å². The van der Waals surface area contributed by atoms with Crippen molar-refractivity contribution in [2.45, 2.75) is 221 Å². The van der Waals surface area contributed by atoms with Gasteiger partial charge in [0, 0.05) is 6.42 Å². The van der Waals surface area contributed by atoms with Gasteiger partial charge in [-0.15, -0.1) is 0 Å². The average molecular weight is 1180 g/mol. The highest BCUT2D eigenvalue weighted by Crippen LogP contribution is 2.39. The van der Waals surface area contributed by atoms with Crippen LogP contribution in [-0.4, -0.2) is 363 Å². The van der Waals surface area contributed by atoms with E-state index in [4.69, 9.17) is 75.8 Å². The van der Waals surface area contributed by atoms with Crippen molar-refractivity contribution < 1.29 is 178 Å². The summed E-state index contributed by atoms with van der Waals surface area (Å²) in [7, 11) is 0. The molecule has 33 atom stereocenters. The molecule has 0 aromatic rings. The van der Waals surface area contributed by atoms with Gasteiger partial charge in [-0.25, -0.2) is 0 Å². The second-order valence-electron chi connectivity index (χ2n) is 20.9. The normalized spacial score (nSPS) is 54.8. The summed E-state index contributed by atoms with van der Waals surface area (Å²) in [6.45, 7) is -6.43. The van der Waals surface area contributed by atoms with Crippen LogP contribution < -0.4 is 0 Å². The lowest BCUT2D eigenvalue weighted by atomic mass is 9.95. The van der Waals surface area contributed by atoms with Gasteiger partial charge in [-0.3, -0.25) is 0 Å². The van der Waals surface area contributed by atoms with Gasteiger partial charge in [-0.1, -0.05) is 0 Å². The number of aliphatic hydroxyl groups excluding tert-OH is 17. The standard InChI is InChI=1S/C44H72O36/c45-3-13-33-23(53)29(59)39(70-13)74-18-9-66-37(27(57)21(18)51)73-17-8-65-36(26(56)20(17)50)69-11-1-43(62,63)42(68-7-11)75-19-10-67-38(28(58)22(19)52)76-32-12(49)2-44(64,79-16(32)6-48)80-35-15(5-47)72-41(31(61)25(35)55)78-34-14(4-46)71-40(77-33)30(60)24(34)54/h11-42,45-64H,1-10H2/t11-,12-,13+,14+,15+,16+,17+,18+,19+,20+,21+,22+,23-,24-,25-,26+,27+,28+,29+,30+,31+,32-,33+,34+,35+,36+,37+,38+,39+,40+,41+,42+,44-/m0/s1. The molecule has 30 heterocycles. The van der Waals surface area contributed by atoms with Crippen LogP contribution in [0.5, 0.6) is 0 Å². The molecule has 0 spiro atoms. The summed E-state index contributed by atoms with van der Waals surface area (Å²) < 4.78 is 90.0. The van der Waals surface area contributed by atoms with E-state index in [2.05, 4.69) is 0 Å². The first-order valence-corrected chi connectivity index (χ1v) is 25.7. The minimum Gasteiger partial charge on any atom is -0.394 e. The molecule has 36 nitrogen and oxygen atoms in total. The van der Waals surface area contributed by atoms with Crippen LogP contribution in [0.1, 0.15) is 12.8 Å². The second-order valence-corrected chi connectivity index (χ2v) is 20.9. The summed E-state index contributed by atoms with van der Waals surface area (Å²) in [5, 5.41) is 220. The lowest BCUT2D eigenvalue weighted by molar-refractivity contribution is -0.456. The predicted octanol–water partition coefficient (Wildman–Crippen LogP) is -14.2. The molecule has 0 aromatic carbocycles. The van der Waals surface area contributed by atoms with Crippen LogP contribution in [0.3, 0.4) is 0 Å². The highest BCUT2D eigenvalue weighted by Gasteiger charge is 2.59. The number of hydrogen-bond donors (Lipinski definition) is 20. The van der Waals surface area contributed by atoms with E-state index in [0.29, 0.717) is 0 Å². The van der Waals surface area contributed by atoms with Crippen molar-refractivity contribution in [3.05, 3.63) is 0 Å². The van der Waals surface area contributed by atoms with E-state index in [1.54, 1.807) is 0 Å². The maximum atomic E-state index is 11.5. The molecule has 0 aliphatic carbocycles. The van der Waals surface area contributed by atoms with Gasteiger partial charge in [0.25, 0.3) is 5.97 Å². The molecule has 0 unspecified atom stereocenters. The Hall–Kier alpha value is -1.44. The van der Waals surface area contributed by atoms with Crippen molar-refractivity contribution in [3.8, 4) is 0 Å². The minimum atomic E-state index is -2.99. The van der Waals surface area contributed by atoms with Crippen molar-refractivity contribution in [1.29, 1.82) is 0 Å². The van der Waals surface area contributed by atoms with Gasteiger partial charge in [-0.2, -0.15) is 0 Å². The van der Waals surface area contributed by atoms with Crippen molar-refractivity contribution >= 4 is 0 Å². The second kappa shape index (κ2) is 25.9. The van der Waals surface area contributed by atoms with Gasteiger partial charge in [-0.05, 0) is 0 Å². The van der Waals surface area contributed by atoms with Gasteiger partial charge in [0.1, 0.15) is 140 Å². The molecule has 0 radical (unpaired) electrons. The van der Waals surface area contributed by atoms with E-state index in [0.717, 1.165) is 0 Å². The molecular weight excluding hydrogens is 1100 g/mol. The monoisotopic (exact) mass is 1180 g/mol. The Balaban J connectivity index is 0.920. The lowest BCUT2D eigenvalue weighted by Gasteiger charge is -2.50. The Morgan fingerprint density at radius 3 is 1.15 bits per heavy atom. The molecule has 0 aromatic heterocycles. The molecule has 36 heteroatoms. The zero-order valence-corrected chi connectivity index (χ0v) is 42.0. The first-order valence-electron chi connectivity index (χ1n) is 25.7. The molecule has 30 rings (SSSR count). The van der Waals surface area contributed by atoms with Gasteiger partial charge in [0.15, 0.2) is 37.7 Å². The fraction of sp³-hybridized carbons (Fsp3) is 1.00. The van der Waals surface area contributed by atoms with Crippen LogP contribution in [0.2, 0.25) is 0 Å². The number of hydrogen-bond acceptors (Lipinski definition) is 36. The van der Waals surface area contributed by atoms with Gasteiger partial charge in [0.2, 0.25) is 12.1 Å². The largest absolute Gasteiger partial charge is 0.394 e. The first kappa shape index (κ1) is 63.1. The molecule has 20 N–H and O–H groups in total. The molecule has 0 amide bonds. The molecule has 80 heavy (non-hydrogen) atoms. The van der Waals surface area contributed by atoms with Crippen LogP contribution in [-0.2, 0) is 75.8 Å². The first-order chi connectivity index (χ1) is 37.9. The SMILES string of the molecule is OC[C@H]1O[C@@H]2O[C@H]3[C@@H](O)[C@@H](O)[C@@H](O[C@@H]4CO[C@H](O[C@@H]5CO[C@H](O[C@@H]6CO[C@H](O[C@@H]7CO[C@H](O[C@H]8[C@@H](O)C[C@@](O)(O[C@H]9[C@@H](O)[C@@H](O)[C@@H](O[C@H]1[C@@H](O)[C@H]2O)O[C@@H]9CO)O[C@@H]8CO)[C@H](O)[C@@H]7O)C(O)(O)C6)[C@H](O)[C@@H]5O)[C@H](O)[C@@H]4O)O[C@@H]3CO. The Bertz CT molecular complexity index is 1960. The topological polar surface area (TPSA) is 552 Å². The highest BCUT2D eigenvalue weighted by atomic mass is 16.9. The van der Waals surface area contributed by atoms with Crippen LogP contribution in [0, 0.1) is 0 Å². The molecule has 30 saturated heterocycles. The molecular formula is C44H72O36. The maximum Gasteiger partial charge on any atom is 0.283 e. The summed E-state index contributed by atoms with van der Waals surface area (Å²) >= 11 is 0. The van der Waals surface area contributed by atoms with Gasteiger partial charge in [0.05, 0.1) is 71.5 Å². The zero-order valence-electron chi connectivity index (χ0n) is 42.0. The summed E-state index contributed by atoms with van der Waals surface area (Å²) in [5.74, 6) is -5.89. The van der Waals surface area contributed by atoms with E-state index >= 15 is 0 Å². The van der Waals surface area contributed by atoms with Crippen LogP contribution in [0.15, 0.2) is 0 Å². The lowest BCUT2D eigenvalue weighted by Crippen LogP contribution is -2.68. The molecule has 16 bridgehead atoms. The van der Waals surface area contributed by atoms with Crippen molar-refractivity contribution in [2.24, 2.45) is 0 Å². The Labute approximate surface area is 451 Å². The maximum absolute atomic E-state index is 11.5. The molecule has 0 saturated carbocycles. The van der Waals surface area contributed by atoms with Crippen LogP contribution in [0.25, 0.3) is 0 Å². The predicted molar refractivity (Wildman–Crippen MR) is 237 cm³/mol. The third-order valence-corrected chi connectivity index (χ3v) is 15.3. The van der Waals surface area contributed by atoms with E-state index in [1.807, 2.05) is 0 Å². The summed E-state index contributed by atoms with van der Waals surface area (Å²) in [5.41, 5.74) is 0. The van der Waals surface area contributed by atoms with Crippen molar-refractivity contribution in [1.82, 2.24) is 0 Å². The number of ether oxygens (including phenoxy) is 16. The Morgan fingerprint density at radius 1 is 0.312 bits per heavy atom. The fourth-order valence-electron chi connectivity index (χ4n) is 10.8. The average Bonchev–Trinajstić information content (AvgIpc) is 3.42. The molecule has 30 aliphatic heterocycles. The quantitative estimate of drug-likeness (QED) is 0.116. The van der Waals surface area contributed by atoms with Crippen molar-refractivity contribution in [3.63, 3.8) is 0 Å². The highest BCUT2D eigenvalue weighted by molar-refractivity contribution is 4.99. The molecule has 30 aliphatic rings. The van der Waals surface area contributed by atoms with Crippen LogP contribution >= 0.6 is 0 Å². The third kappa shape index (κ3) is 12.8. The molecule has 30 fully saturated rings. The van der Waals surface area contributed by atoms with E-state index in [-0.39, 0.29) is 0 Å². The number of rotatable bonds is 4. The minimum absolute atomic E-state index is 0.480. The summed E-state index contributed by atoms with van der Waals surface area (Å²) in [4.78, 5) is 0. The summed E-state index contributed by atoms with van der Waals surface area (Å²) in [6, 6.07) is 0. The Kier molecular flexibility index (Phi) is 20.4. The third-order valence-electron chi connectivity index (χ3n) is 15.3. The zero-order chi connectivity index (χ0) is 57.9. The van der Waals surface area contributed by atoms with E-state index in [9.17, 15) is 102 Å². The van der Waals surface area contributed by atoms with Gasteiger partial charge < -0.3 is 178 Å². The summed E-state index contributed by atoms with van der Waals surface area (Å²) in [6.07, 6.45) is -61.4. The van der Waals surface area contributed by atoms with E-state index in [1.165, 1.54) is 0 Å². The van der Waals surface area contributed by atoms with E-state index < -0.39 is 274 Å². The number of aliphatic hydroxyl groups is 20. The fourth-order valence-corrected chi connectivity index (χ4v) is 10.8.